The molecule has 128 valence electrons. The number of anilines is 1. The molecule has 2 amide bonds. The van der Waals surface area contributed by atoms with Crippen LogP contribution >= 0.6 is 0 Å². The number of hydrogen-bond acceptors (Lipinski definition) is 5. The van der Waals surface area contributed by atoms with Gasteiger partial charge in [0.1, 0.15) is 0 Å². The minimum Gasteiger partial charge on any atom is -0.346 e. The van der Waals surface area contributed by atoms with E-state index in [9.17, 15) is 18.0 Å². The monoisotopic (exact) mass is 341 g/mol. The molecule has 4 N–H and O–H groups in total. The molecule has 0 radical (unpaired) electrons. The zero-order valence-corrected chi connectivity index (χ0v) is 14.3. The summed E-state index contributed by atoms with van der Waals surface area (Å²) in [6, 6.07) is 5.83. The van der Waals surface area contributed by atoms with Gasteiger partial charge in [0.15, 0.2) is 9.84 Å². The quantitative estimate of drug-likeness (QED) is 0.658. The Labute approximate surface area is 136 Å². The number of rotatable bonds is 7. The van der Waals surface area contributed by atoms with Crippen molar-refractivity contribution in [3.63, 3.8) is 0 Å². The van der Waals surface area contributed by atoms with E-state index in [4.69, 9.17) is 5.73 Å². The van der Waals surface area contributed by atoms with Crippen molar-refractivity contribution in [2.75, 3.05) is 18.1 Å². The first-order valence-corrected chi connectivity index (χ1v) is 9.24. The van der Waals surface area contributed by atoms with E-state index in [1.807, 2.05) is 13.8 Å². The molecule has 7 nitrogen and oxygen atoms in total. The van der Waals surface area contributed by atoms with Crippen LogP contribution in [0.1, 0.15) is 19.4 Å². The highest BCUT2D eigenvalue weighted by atomic mass is 32.2. The second-order valence-corrected chi connectivity index (χ2v) is 7.94. The Morgan fingerprint density at radius 1 is 1.17 bits per heavy atom. The summed E-state index contributed by atoms with van der Waals surface area (Å²) in [5.41, 5.74) is 6.84. The number of carbonyl (C=O) groups excluding carboxylic acids is 2. The van der Waals surface area contributed by atoms with Crippen molar-refractivity contribution in [1.82, 2.24) is 5.32 Å². The molecule has 1 aromatic rings. The summed E-state index contributed by atoms with van der Waals surface area (Å²) in [7, 11) is -3.09. The van der Waals surface area contributed by atoms with Gasteiger partial charge in [-0.1, -0.05) is 26.0 Å². The minimum absolute atomic E-state index is 0.0135. The van der Waals surface area contributed by atoms with Crippen LogP contribution in [0.4, 0.5) is 5.69 Å². The van der Waals surface area contributed by atoms with Crippen molar-refractivity contribution in [2.45, 2.75) is 25.6 Å². The minimum atomic E-state index is -3.09. The fourth-order valence-electron chi connectivity index (χ4n) is 1.78. The largest absolute Gasteiger partial charge is 0.346 e. The second-order valence-electron chi connectivity index (χ2n) is 5.80. The molecule has 0 aliphatic heterocycles. The molecular weight excluding hydrogens is 318 g/mol. The molecule has 0 saturated carbocycles. The Morgan fingerprint density at radius 3 is 2.22 bits per heavy atom. The van der Waals surface area contributed by atoms with Gasteiger partial charge in [0.2, 0.25) is 11.8 Å². The van der Waals surface area contributed by atoms with Crippen LogP contribution in [0.2, 0.25) is 0 Å². The predicted molar refractivity (Wildman–Crippen MR) is 89.4 cm³/mol. The van der Waals surface area contributed by atoms with Gasteiger partial charge in [-0.25, -0.2) is 8.42 Å². The normalized spacial score (nSPS) is 12.7. The third-order valence-corrected chi connectivity index (χ3v) is 3.97. The van der Waals surface area contributed by atoms with Crippen molar-refractivity contribution in [3.05, 3.63) is 29.8 Å². The Morgan fingerprint density at radius 2 is 1.74 bits per heavy atom. The van der Waals surface area contributed by atoms with Gasteiger partial charge in [-0.05, 0) is 23.6 Å². The molecule has 0 spiro atoms. The highest BCUT2D eigenvalue weighted by Gasteiger charge is 2.17. The zero-order chi connectivity index (χ0) is 17.6. The maximum atomic E-state index is 11.8. The molecule has 23 heavy (non-hydrogen) atoms. The highest BCUT2D eigenvalue weighted by Crippen LogP contribution is 2.11. The Balaban J connectivity index is 2.50. The number of carbonyl (C=O) groups is 2. The van der Waals surface area contributed by atoms with Crippen LogP contribution < -0.4 is 16.4 Å². The molecule has 0 saturated heterocycles. The molecular formula is C15H23N3O4S. The van der Waals surface area contributed by atoms with Gasteiger partial charge in [0, 0.05) is 11.9 Å². The average molecular weight is 341 g/mol. The van der Waals surface area contributed by atoms with Gasteiger partial charge < -0.3 is 16.4 Å². The molecule has 0 fully saturated rings. The Kier molecular flexibility index (Phi) is 6.71. The van der Waals surface area contributed by atoms with Crippen molar-refractivity contribution >= 4 is 27.3 Å². The first-order chi connectivity index (χ1) is 10.6. The molecule has 0 unspecified atom stereocenters. The summed E-state index contributed by atoms with van der Waals surface area (Å²) in [5, 5.41) is 5.08. The van der Waals surface area contributed by atoms with Gasteiger partial charge in [-0.15, -0.1) is 0 Å². The lowest BCUT2D eigenvalue weighted by molar-refractivity contribution is -0.125. The van der Waals surface area contributed by atoms with E-state index >= 15 is 0 Å². The smallest absolute Gasteiger partial charge is 0.243 e. The van der Waals surface area contributed by atoms with E-state index in [0.717, 1.165) is 6.26 Å². The lowest BCUT2D eigenvalue weighted by Crippen LogP contribution is -2.46. The summed E-state index contributed by atoms with van der Waals surface area (Å²) in [5.74, 6) is -0.825. The summed E-state index contributed by atoms with van der Waals surface area (Å²) < 4.78 is 22.4. The van der Waals surface area contributed by atoms with Gasteiger partial charge >= 0.3 is 0 Å². The number of amides is 2. The standard InChI is InChI=1S/C15H23N3O4S/c1-10(2)14(16)15(20)17-8-13(19)18-12-6-4-11(5-7-12)9-23(3,21)22/h4-7,10,14H,8-9,16H2,1-3H3,(H,17,20)(H,18,19)/t14-/m0/s1. The molecule has 8 heteroatoms. The van der Waals surface area contributed by atoms with Crippen LogP contribution in [-0.2, 0) is 25.2 Å². The number of benzene rings is 1. The summed E-state index contributed by atoms with van der Waals surface area (Å²) in [6.07, 6.45) is 1.16. The number of hydrogen-bond donors (Lipinski definition) is 3. The van der Waals surface area contributed by atoms with E-state index in [1.165, 1.54) is 0 Å². The van der Waals surface area contributed by atoms with Crippen LogP contribution in [-0.4, -0.2) is 39.1 Å². The maximum Gasteiger partial charge on any atom is 0.243 e. The van der Waals surface area contributed by atoms with Crippen LogP contribution in [0.15, 0.2) is 24.3 Å². The third-order valence-electron chi connectivity index (χ3n) is 3.11. The second kappa shape index (κ2) is 8.07. The van der Waals surface area contributed by atoms with Gasteiger partial charge in [0.25, 0.3) is 0 Å². The highest BCUT2D eigenvalue weighted by molar-refractivity contribution is 7.89. The average Bonchev–Trinajstić information content (AvgIpc) is 2.44. The first kappa shape index (κ1) is 19.1. The summed E-state index contributed by atoms with van der Waals surface area (Å²) in [4.78, 5) is 23.4. The van der Waals surface area contributed by atoms with E-state index < -0.39 is 15.9 Å². The Bertz CT molecular complexity index is 654. The fraction of sp³-hybridized carbons (Fsp3) is 0.467. The van der Waals surface area contributed by atoms with Crippen molar-refractivity contribution < 1.29 is 18.0 Å². The van der Waals surface area contributed by atoms with Gasteiger partial charge in [0.05, 0.1) is 18.3 Å². The molecule has 0 aromatic heterocycles. The van der Waals surface area contributed by atoms with Crippen LogP contribution in [0.25, 0.3) is 0 Å². The molecule has 0 aliphatic rings. The zero-order valence-electron chi connectivity index (χ0n) is 13.5. The van der Waals surface area contributed by atoms with Crippen molar-refractivity contribution in [2.24, 2.45) is 11.7 Å². The molecule has 1 rings (SSSR count). The maximum absolute atomic E-state index is 11.8. The van der Waals surface area contributed by atoms with Crippen LogP contribution in [0.3, 0.4) is 0 Å². The first-order valence-electron chi connectivity index (χ1n) is 7.18. The van der Waals surface area contributed by atoms with Crippen molar-refractivity contribution in [1.29, 1.82) is 0 Å². The van der Waals surface area contributed by atoms with E-state index in [0.29, 0.717) is 11.3 Å². The SMILES string of the molecule is CC(C)[C@H](N)C(=O)NCC(=O)Nc1ccc(CS(C)(=O)=O)cc1. The van der Waals surface area contributed by atoms with Crippen molar-refractivity contribution in [3.8, 4) is 0 Å². The van der Waals surface area contributed by atoms with Gasteiger partial charge in [-0.3, -0.25) is 9.59 Å². The summed E-state index contributed by atoms with van der Waals surface area (Å²) in [6.45, 7) is 3.47. The molecule has 1 atom stereocenters. The topological polar surface area (TPSA) is 118 Å². The Hall–Kier alpha value is -1.93. The number of nitrogens with two attached hydrogens (primary N) is 1. The predicted octanol–water partition coefficient (Wildman–Crippen LogP) is 0.269. The van der Waals surface area contributed by atoms with E-state index in [1.54, 1.807) is 24.3 Å². The third kappa shape index (κ3) is 7.25. The lowest BCUT2D eigenvalue weighted by atomic mass is 10.1. The van der Waals surface area contributed by atoms with Crippen LogP contribution in [0, 0.1) is 5.92 Å². The molecule has 0 heterocycles. The number of sulfone groups is 1. The van der Waals surface area contributed by atoms with Crippen LogP contribution in [0.5, 0.6) is 0 Å². The van der Waals surface area contributed by atoms with Gasteiger partial charge in [-0.2, -0.15) is 0 Å². The molecule has 0 aliphatic carbocycles. The van der Waals surface area contributed by atoms with E-state index in [-0.39, 0.29) is 30.0 Å². The number of nitrogens with one attached hydrogen (secondary N) is 2. The lowest BCUT2D eigenvalue weighted by Gasteiger charge is -2.15. The summed E-state index contributed by atoms with van der Waals surface area (Å²) >= 11 is 0. The molecule has 1 aromatic carbocycles. The fourth-order valence-corrected chi connectivity index (χ4v) is 2.58. The van der Waals surface area contributed by atoms with E-state index in [2.05, 4.69) is 10.6 Å². The molecule has 0 bridgehead atoms.